The van der Waals surface area contributed by atoms with Gasteiger partial charge in [-0.15, -0.1) is 0 Å². The third kappa shape index (κ3) is 0.644. The zero-order valence-electron chi connectivity index (χ0n) is 3.28. The lowest BCUT2D eigenvalue weighted by atomic mass is 10.3. The van der Waals surface area contributed by atoms with Crippen molar-refractivity contribution in [2.24, 2.45) is 0 Å². The molecule has 0 aromatic carbocycles. The molecule has 2 nitrogen and oxygen atoms in total. The predicted octanol–water partition coefficient (Wildman–Crippen LogP) is 0.129. The first-order chi connectivity index (χ1) is 2.93. The number of rotatable bonds is 1. The molecule has 0 unspecified atom stereocenters. The van der Waals surface area contributed by atoms with Crippen molar-refractivity contribution in [1.82, 2.24) is 4.84 Å². The Hall–Kier alpha value is 0.210. The number of halogens is 1. The molecule has 0 aromatic heterocycles. The molecule has 3 heteroatoms. The minimum atomic E-state index is 0.409. The summed E-state index contributed by atoms with van der Waals surface area (Å²) in [6, 6.07) is 0.409. The standard InChI is InChI=1S/C3H6ClNO/c4-5-3-1-6-2-3/h3,5H,1-2H2. The summed E-state index contributed by atoms with van der Waals surface area (Å²) in [6.45, 7) is 1.53. The van der Waals surface area contributed by atoms with E-state index in [1.165, 1.54) is 0 Å². The van der Waals surface area contributed by atoms with Gasteiger partial charge in [0.1, 0.15) is 0 Å². The van der Waals surface area contributed by atoms with Gasteiger partial charge >= 0.3 is 0 Å². The van der Waals surface area contributed by atoms with Crippen LogP contribution in [-0.4, -0.2) is 19.3 Å². The molecule has 0 atom stereocenters. The Morgan fingerprint density at radius 2 is 2.33 bits per heavy atom. The molecule has 0 spiro atoms. The highest BCUT2D eigenvalue weighted by molar-refractivity contribution is 6.13. The van der Waals surface area contributed by atoms with Crippen LogP contribution >= 0.6 is 11.8 Å². The van der Waals surface area contributed by atoms with Crippen LogP contribution in [0.15, 0.2) is 0 Å². The van der Waals surface area contributed by atoms with Crippen molar-refractivity contribution in [3.05, 3.63) is 0 Å². The molecule has 0 bridgehead atoms. The first-order valence-electron chi connectivity index (χ1n) is 1.87. The van der Waals surface area contributed by atoms with E-state index in [2.05, 4.69) is 4.84 Å². The average molecular weight is 108 g/mol. The van der Waals surface area contributed by atoms with Gasteiger partial charge in [-0.1, -0.05) is 0 Å². The van der Waals surface area contributed by atoms with Crippen molar-refractivity contribution >= 4 is 11.8 Å². The lowest BCUT2D eigenvalue weighted by Crippen LogP contribution is -2.41. The Bertz CT molecular complexity index is 43.3. The lowest BCUT2D eigenvalue weighted by Gasteiger charge is -2.23. The van der Waals surface area contributed by atoms with Gasteiger partial charge in [0, 0.05) is 0 Å². The molecule has 1 aliphatic heterocycles. The van der Waals surface area contributed by atoms with E-state index < -0.39 is 0 Å². The topological polar surface area (TPSA) is 21.3 Å². The van der Waals surface area contributed by atoms with Crippen LogP contribution in [-0.2, 0) is 4.74 Å². The summed E-state index contributed by atoms with van der Waals surface area (Å²) in [5, 5.41) is 0. The van der Waals surface area contributed by atoms with Crippen LogP contribution in [0.3, 0.4) is 0 Å². The highest BCUT2D eigenvalue weighted by Gasteiger charge is 2.15. The van der Waals surface area contributed by atoms with E-state index in [1.54, 1.807) is 0 Å². The van der Waals surface area contributed by atoms with E-state index in [0.29, 0.717) is 6.04 Å². The van der Waals surface area contributed by atoms with E-state index in [1.807, 2.05) is 0 Å². The molecule has 1 saturated heterocycles. The quantitative estimate of drug-likeness (QED) is 0.481. The molecule has 1 fully saturated rings. The van der Waals surface area contributed by atoms with Gasteiger partial charge in [0.05, 0.1) is 19.3 Å². The normalized spacial score (nSPS) is 23.5. The molecule has 36 valence electrons. The molecule has 0 radical (unpaired) electrons. The molecule has 1 N–H and O–H groups in total. The summed E-state index contributed by atoms with van der Waals surface area (Å²) in [7, 11) is 0. The van der Waals surface area contributed by atoms with Crippen molar-refractivity contribution in [3.8, 4) is 0 Å². The van der Waals surface area contributed by atoms with Crippen LogP contribution in [0.2, 0.25) is 0 Å². The first kappa shape index (κ1) is 4.37. The summed E-state index contributed by atoms with van der Waals surface area (Å²) in [6.07, 6.45) is 0. The minimum Gasteiger partial charge on any atom is -0.378 e. The molecule has 0 saturated carbocycles. The fourth-order valence-corrected chi connectivity index (χ4v) is 0.425. The van der Waals surface area contributed by atoms with Gasteiger partial charge in [0.2, 0.25) is 0 Å². The number of hydrogen-bond donors (Lipinski definition) is 1. The molecule has 0 aromatic rings. The summed E-state index contributed by atoms with van der Waals surface area (Å²) in [5.41, 5.74) is 0. The van der Waals surface area contributed by atoms with E-state index in [9.17, 15) is 0 Å². The van der Waals surface area contributed by atoms with E-state index in [4.69, 9.17) is 16.5 Å². The highest BCUT2D eigenvalue weighted by atomic mass is 35.5. The smallest absolute Gasteiger partial charge is 0.0688 e. The Morgan fingerprint density at radius 3 is 2.33 bits per heavy atom. The van der Waals surface area contributed by atoms with Gasteiger partial charge in [-0.2, -0.15) is 0 Å². The number of ether oxygens (including phenoxy) is 1. The van der Waals surface area contributed by atoms with Gasteiger partial charge in [-0.05, 0) is 11.8 Å². The SMILES string of the molecule is ClNC1COC1. The molecule has 0 amide bonds. The second kappa shape index (κ2) is 1.78. The van der Waals surface area contributed by atoms with Crippen LogP contribution in [0.4, 0.5) is 0 Å². The highest BCUT2D eigenvalue weighted by Crippen LogP contribution is 1.98. The zero-order chi connectivity index (χ0) is 4.41. The number of hydrogen-bond acceptors (Lipinski definition) is 2. The number of nitrogens with one attached hydrogen (secondary N) is 1. The Kier molecular flexibility index (Phi) is 1.29. The molecular formula is C3H6ClNO. The predicted molar refractivity (Wildman–Crippen MR) is 23.6 cm³/mol. The van der Waals surface area contributed by atoms with Crippen molar-refractivity contribution in [2.75, 3.05) is 13.2 Å². The van der Waals surface area contributed by atoms with Crippen molar-refractivity contribution in [3.63, 3.8) is 0 Å². The summed E-state index contributed by atoms with van der Waals surface area (Å²) in [4.78, 5) is 2.55. The van der Waals surface area contributed by atoms with Crippen LogP contribution < -0.4 is 4.84 Å². The molecule has 6 heavy (non-hydrogen) atoms. The van der Waals surface area contributed by atoms with Gasteiger partial charge in [0.25, 0.3) is 0 Å². The van der Waals surface area contributed by atoms with Gasteiger partial charge in [0.15, 0.2) is 0 Å². The maximum Gasteiger partial charge on any atom is 0.0688 e. The molecule has 1 aliphatic rings. The fourth-order valence-electron chi connectivity index (χ4n) is 0.299. The van der Waals surface area contributed by atoms with Crippen molar-refractivity contribution < 1.29 is 4.74 Å². The molecule has 0 aliphatic carbocycles. The third-order valence-corrected chi connectivity index (χ3v) is 1.10. The van der Waals surface area contributed by atoms with E-state index in [-0.39, 0.29) is 0 Å². The van der Waals surface area contributed by atoms with Crippen LogP contribution in [0.5, 0.6) is 0 Å². The van der Waals surface area contributed by atoms with Gasteiger partial charge in [-0.25, -0.2) is 4.84 Å². The Labute approximate surface area is 41.5 Å². The largest absolute Gasteiger partial charge is 0.378 e. The van der Waals surface area contributed by atoms with E-state index >= 15 is 0 Å². The van der Waals surface area contributed by atoms with Crippen LogP contribution in [0.25, 0.3) is 0 Å². The van der Waals surface area contributed by atoms with Crippen molar-refractivity contribution in [2.45, 2.75) is 6.04 Å². The summed E-state index contributed by atoms with van der Waals surface area (Å²) < 4.78 is 4.78. The lowest BCUT2D eigenvalue weighted by molar-refractivity contribution is 0.00505. The van der Waals surface area contributed by atoms with Crippen LogP contribution in [0.1, 0.15) is 0 Å². The molecule has 1 rings (SSSR count). The third-order valence-electron chi connectivity index (χ3n) is 0.792. The van der Waals surface area contributed by atoms with Gasteiger partial charge < -0.3 is 4.74 Å². The average Bonchev–Trinajstić information content (AvgIpc) is 1.31. The minimum absolute atomic E-state index is 0.409. The van der Waals surface area contributed by atoms with Crippen molar-refractivity contribution in [1.29, 1.82) is 0 Å². The van der Waals surface area contributed by atoms with Gasteiger partial charge in [-0.3, -0.25) is 0 Å². The Morgan fingerprint density at radius 1 is 1.67 bits per heavy atom. The fraction of sp³-hybridized carbons (Fsp3) is 1.00. The maximum absolute atomic E-state index is 5.17. The zero-order valence-corrected chi connectivity index (χ0v) is 4.03. The van der Waals surface area contributed by atoms with Crippen LogP contribution in [0, 0.1) is 0 Å². The molecule has 1 heterocycles. The first-order valence-corrected chi connectivity index (χ1v) is 2.25. The molecular weight excluding hydrogens is 101 g/mol. The summed E-state index contributed by atoms with van der Waals surface area (Å²) >= 11 is 5.17. The Balaban J connectivity index is 2.01. The summed E-state index contributed by atoms with van der Waals surface area (Å²) in [5.74, 6) is 0. The maximum atomic E-state index is 5.17. The second-order valence-corrected chi connectivity index (χ2v) is 1.56. The second-order valence-electron chi connectivity index (χ2n) is 1.34. The van der Waals surface area contributed by atoms with E-state index in [0.717, 1.165) is 13.2 Å². The monoisotopic (exact) mass is 107 g/mol.